The zero-order valence-corrected chi connectivity index (χ0v) is 16.7. The number of nitro groups is 1. The van der Waals surface area contributed by atoms with E-state index in [9.17, 15) is 23.3 Å². The molecule has 0 aliphatic carbocycles. The molecule has 2 saturated heterocycles. The van der Waals surface area contributed by atoms with Crippen LogP contribution in [0.4, 0.5) is 5.69 Å². The summed E-state index contributed by atoms with van der Waals surface area (Å²) in [6.45, 7) is 1.13. The number of hydrogen-bond acceptors (Lipinski definition) is 7. The molecule has 3 rings (SSSR count). The highest BCUT2D eigenvalue weighted by Gasteiger charge is 2.36. The largest absolute Gasteiger partial charge is 0.364 e. The zero-order chi connectivity index (χ0) is 19.6. The molecular weight excluding hydrogens is 412 g/mol. The lowest BCUT2D eigenvalue weighted by atomic mass is 10.1. The highest BCUT2D eigenvalue weighted by Crippen LogP contribution is 2.24. The van der Waals surface area contributed by atoms with Crippen molar-refractivity contribution in [2.24, 2.45) is 5.73 Å². The molecule has 0 aromatic heterocycles. The Morgan fingerprint density at radius 3 is 2.50 bits per heavy atom. The predicted octanol–water partition coefficient (Wildman–Crippen LogP) is 0.356. The van der Waals surface area contributed by atoms with Crippen molar-refractivity contribution in [2.75, 3.05) is 32.7 Å². The Hall–Kier alpha value is -1.79. The Balaban J connectivity index is 0.00000280. The Bertz CT molecular complexity index is 828. The summed E-state index contributed by atoms with van der Waals surface area (Å²) in [5, 5.41) is 10.9. The minimum atomic E-state index is -3.86. The second-order valence-electron chi connectivity index (χ2n) is 6.54. The number of nitrogens with two attached hydrogens (primary N) is 1. The van der Waals surface area contributed by atoms with E-state index >= 15 is 0 Å². The van der Waals surface area contributed by atoms with E-state index in [1.54, 1.807) is 4.90 Å². The summed E-state index contributed by atoms with van der Waals surface area (Å²) in [6, 6.07) is 4.97. The SMILES string of the molecule is Cl.NC[C@H]1CC[C@@H](C(=O)N2CCN(S(=O)(=O)c3cccc([N+](=O)[O-])c3)CC2)O1. The van der Waals surface area contributed by atoms with E-state index in [0.29, 0.717) is 13.0 Å². The highest BCUT2D eigenvalue weighted by atomic mass is 35.5. The van der Waals surface area contributed by atoms with Crippen molar-refractivity contribution in [3.05, 3.63) is 34.4 Å². The van der Waals surface area contributed by atoms with E-state index in [1.165, 1.54) is 22.5 Å². The molecule has 2 aliphatic heterocycles. The summed E-state index contributed by atoms with van der Waals surface area (Å²) in [5.74, 6) is -0.140. The number of sulfonamides is 1. The molecule has 0 saturated carbocycles. The van der Waals surface area contributed by atoms with Gasteiger partial charge in [0.1, 0.15) is 6.10 Å². The van der Waals surface area contributed by atoms with Gasteiger partial charge < -0.3 is 15.4 Å². The molecule has 28 heavy (non-hydrogen) atoms. The van der Waals surface area contributed by atoms with E-state index in [-0.39, 0.29) is 61.2 Å². The van der Waals surface area contributed by atoms with Gasteiger partial charge in [0.2, 0.25) is 10.0 Å². The number of non-ortho nitro benzene ring substituents is 1. The number of piperazine rings is 1. The number of carbonyl (C=O) groups excluding carboxylic acids is 1. The van der Waals surface area contributed by atoms with Crippen molar-refractivity contribution in [3.8, 4) is 0 Å². The van der Waals surface area contributed by atoms with Crippen LogP contribution in [0.25, 0.3) is 0 Å². The Kier molecular flexibility index (Phi) is 7.34. The van der Waals surface area contributed by atoms with Gasteiger partial charge in [0, 0.05) is 44.9 Å². The van der Waals surface area contributed by atoms with Gasteiger partial charge in [0.15, 0.2) is 0 Å². The fourth-order valence-electron chi connectivity index (χ4n) is 3.32. The Labute approximate surface area is 169 Å². The average molecular weight is 435 g/mol. The Morgan fingerprint density at radius 2 is 1.93 bits per heavy atom. The molecule has 0 spiro atoms. The first-order valence-electron chi connectivity index (χ1n) is 8.72. The second kappa shape index (κ2) is 9.14. The second-order valence-corrected chi connectivity index (χ2v) is 8.48. The van der Waals surface area contributed by atoms with Crippen LogP contribution in [0.2, 0.25) is 0 Å². The summed E-state index contributed by atoms with van der Waals surface area (Å²) in [5.41, 5.74) is 5.28. The summed E-state index contributed by atoms with van der Waals surface area (Å²) < 4.78 is 32.3. The first-order chi connectivity index (χ1) is 12.8. The number of hydrogen-bond donors (Lipinski definition) is 1. The lowest BCUT2D eigenvalue weighted by Crippen LogP contribution is -2.52. The molecule has 2 atom stereocenters. The van der Waals surface area contributed by atoms with Crippen molar-refractivity contribution in [1.29, 1.82) is 0 Å². The third-order valence-corrected chi connectivity index (χ3v) is 6.76. The number of nitrogens with zero attached hydrogens (tertiary/aromatic N) is 3. The van der Waals surface area contributed by atoms with Gasteiger partial charge in [-0.3, -0.25) is 14.9 Å². The molecule has 12 heteroatoms. The van der Waals surface area contributed by atoms with Crippen molar-refractivity contribution in [1.82, 2.24) is 9.21 Å². The minimum absolute atomic E-state index is 0. The van der Waals surface area contributed by atoms with Gasteiger partial charge in [-0.2, -0.15) is 4.31 Å². The molecular formula is C16H23ClN4O6S. The molecule has 1 aromatic rings. The van der Waals surface area contributed by atoms with E-state index in [1.807, 2.05) is 0 Å². The molecule has 0 radical (unpaired) electrons. The predicted molar refractivity (Wildman–Crippen MR) is 103 cm³/mol. The van der Waals surface area contributed by atoms with Gasteiger partial charge in [-0.05, 0) is 18.9 Å². The number of nitro benzene ring substituents is 1. The fourth-order valence-corrected chi connectivity index (χ4v) is 4.78. The summed E-state index contributed by atoms with van der Waals surface area (Å²) in [6.07, 6.45) is 0.744. The van der Waals surface area contributed by atoms with Gasteiger partial charge in [-0.25, -0.2) is 8.42 Å². The van der Waals surface area contributed by atoms with Crippen LogP contribution in [0.3, 0.4) is 0 Å². The van der Waals surface area contributed by atoms with Crippen molar-refractivity contribution in [2.45, 2.75) is 29.9 Å². The normalized spacial score (nSPS) is 23.2. The monoisotopic (exact) mass is 434 g/mol. The minimum Gasteiger partial charge on any atom is -0.364 e. The first-order valence-corrected chi connectivity index (χ1v) is 10.2. The molecule has 156 valence electrons. The van der Waals surface area contributed by atoms with Gasteiger partial charge in [-0.15, -0.1) is 12.4 Å². The molecule has 2 fully saturated rings. The van der Waals surface area contributed by atoms with Crippen LogP contribution in [-0.4, -0.2) is 73.4 Å². The summed E-state index contributed by atoms with van der Waals surface area (Å²) in [7, 11) is -3.86. The number of halogens is 1. The van der Waals surface area contributed by atoms with Crippen LogP contribution in [0.15, 0.2) is 29.2 Å². The fraction of sp³-hybridized carbons (Fsp3) is 0.562. The lowest BCUT2D eigenvalue weighted by molar-refractivity contribution is -0.385. The summed E-state index contributed by atoms with van der Waals surface area (Å²) >= 11 is 0. The molecule has 2 N–H and O–H groups in total. The number of carbonyl (C=O) groups is 1. The van der Waals surface area contributed by atoms with Crippen LogP contribution in [0, 0.1) is 10.1 Å². The Morgan fingerprint density at radius 1 is 1.25 bits per heavy atom. The van der Waals surface area contributed by atoms with Gasteiger partial charge in [0.25, 0.3) is 11.6 Å². The topological polar surface area (TPSA) is 136 Å². The smallest absolute Gasteiger partial charge is 0.270 e. The van der Waals surface area contributed by atoms with Crippen molar-refractivity contribution < 1.29 is 22.9 Å². The third kappa shape index (κ3) is 4.61. The molecule has 0 unspecified atom stereocenters. The molecule has 10 nitrogen and oxygen atoms in total. The van der Waals surface area contributed by atoms with Gasteiger partial charge in [0.05, 0.1) is 15.9 Å². The van der Waals surface area contributed by atoms with Crippen LogP contribution in [-0.2, 0) is 19.6 Å². The van der Waals surface area contributed by atoms with Gasteiger partial charge in [-0.1, -0.05) is 6.07 Å². The highest BCUT2D eigenvalue weighted by molar-refractivity contribution is 7.89. The molecule has 1 amide bonds. The molecule has 2 aliphatic rings. The first kappa shape index (κ1) is 22.5. The number of amides is 1. The summed E-state index contributed by atoms with van der Waals surface area (Å²) in [4.78, 5) is 24.2. The van der Waals surface area contributed by atoms with E-state index in [4.69, 9.17) is 10.5 Å². The zero-order valence-electron chi connectivity index (χ0n) is 15.1. The standard InChI is InChI=1S/C16H22N4O6S.ClH/c17-11-13-4-5-15(26-13)16(21)18-6-8-19(9-7-18)27(24,25)14-3-1-2-12(10-14)20(22)23;/h1-3,10,13,15H,4-9,11,17H2;1H/t13-,15+;/m1./s1. The molecule has 2 heterocycles. The average Bonchev–Trinajstić information content (AvgIpc) is 3.17. The molecule has 1 aromatic carbocycles. The maximum absolute atomic E-state index is 12.7. The van der Waals surface area contributed by atoms with Crippen LogP contribution in [0.1, 0.15) is 12.8 Å². The lowest BCUT2D eigenvalue weighted by Gasteiger charge is -2.35. The van der Waals surface area contributed by atoms with Crippen molar-refractivity contribution >= 4 is 34.0 Å². The van der Waals surface area contributed by atoms with E-state index in [0.717, 1.165) is 12.5 Å². The van der Waals surface area contributed by atoms with Crippen LogP contribution in [0.5, 0.6) is 0 Å². The maximum Gasteiger partial charge on any atom is 0.270 e. The van der Waals surface area contributed by atoms with Gasteiger partial charge >= 0.3 is 0 Å². The van der Waals surface area contributed by atoms with Crippen LogP contribution < -0.4 is 5.73 Å². The molecule has 0 bridgehead atoms. The number of ether oxygens (including phenoxy) is 1. The third-order valence-electron chi connectivity index (χ3n) is 4.86. The van der Waals surface area contributed by atoms with Crippen molar-refractivity contribution in [3.63, 3.8) is 0 Å². The van der Waals surface area contributed by atoms with Crippen LogP contribution >= 0.6 is 12.4 Å². The number of benzene rings is 1. The quantitative estimate of drug-likeness (QED) is 0.521. The number of rotatable bonds is 5. The van der Waals surface area contributed by atoms with E-state index in [2.05, 4.69) is 0 Å². The maximum atomic E-state index is 12.7. The van der Waals surface area contributed by atoms with E-state index < -0.39 is 21.1 Å².